The molecule has 0 radical (unpaired) electrons. The third kappa shape index (κ3) is 3.55. The molecule has 2 aromatic rings. The van der Waals surface area contributed by atoms with Crippen LogP contribution in [-0.4, -0.2) is 16.5 Å². The van der Waals surface area contributed by atoms with Gasteiger partial charge in [-0.1, -0.05) is 29.3 Å². The zero-order valence-corrected chi connectivity index (χ0v) is 11.2. The lowest BCUT2D eigenvalue weighted by molar-refractivity contribution is 0.976. The fraction of sp³-hybridized carbons (Fsp3) is 0.333. The molecule has 0 unspecified atom stereocenters. The molecule has 0 saturated carbocycles. The molecule has 0 saturated heterocycles. The van der Waals surface area contributed by atoms with Gasteiger partial charge in [0, 0.05) is 18.9 Å². The molecule has 0 fully saturated rings. The minimum Gasteiger partial charge on any atom is -0.354 e. The Morgan fingerprint density at radius 1 is 0.889 bits per heavy atom. The van der Waals surface area contributed by atoms with Crippen molar-refractivity contribution in [3.8, 4) is 0 Å². The molecular formula is C15H19N3. The van der Waals surface area contributed by atoms with Crippen molar-refractivity contribution in [3.63, 3.8) is 0 Å². The van der Waals surface area contributed by atoms with E-state index in [4.69, 9.17) is 0 Å². The van der Waals surface area contributed by atoms with Crippen LogP contribution in [0.15, 0.2) is 30.6 Å². The van der Waals surface area contributed by atoms with Gasteiger partial charge in [0.15, 0.2) is 0 Å². The van der Waals surface area contributed by atoms with Crippen molar-refractivity contribution in [1.82, 2.24) is 9.97 Å². The van der Waals surface area contributed by atoms with Crippen LogP contribution in [0.25, 0.3) is 0 Å². The predicted molar refractivity (Wildman–Crippen MR) is 74.9 cm³/mol. The minimum absolute atomic E-state index is 0.699. The molecule has 0 aliphatic rings. The summed E-state index contributed by atoms with van der Waals surface area (Å²) in [7, 11) is 0. The van der Waals surface area contributed by atoms with Gasteiger partial charge in [-0.25, -0.2) is 9.97 Å². The number of nitrogens with zero attached hydrogens (tertiary/aromatic N) is 2. The van der Waals surface area contributed by atoms with Crippen molar-refractivity contribution in [2.45, 2.75) is 27.2 Å². The van der Waals surface area contributed by atoms with Crippen LogP contribution < -0.4 is 5.32 Å². The molecule has 1 heterocycles. The smallest absolute Gasteiger partial charge is 0.222 e. The number of anilines is 1. The first-order valence-corrected chi connectivity index (χ1v) is 6.23. The molecule has 1 aromatic heterocycles. The maximum atomic E-state index is 4.22. The van der Waals surface area contributed by atoms with Crippen molar-refractivity contribution >= 4 is 5.95 Å². The van der Waals surface area contributed by atoms with Crippen molar-refractivity contribution < 1.29 is 0 Å². The SMILES string of the molecule is Cc1cnc(NCCc2cc(C)cc(C)c2)nc1. The Kier molecular flexibility index (Phi) is 3.92. The van der Waals surface area contributed by atoms with Crippen molar-refractivity contribution in [3.05, 3.63) is 52.8 Å². The predicted octanol–water partition coefficient (Wildman–Crippen LogP) is 3.06. The summed E-state index contributed by atoms with van der Waals surface area (Å²) in [5.41, 5.74) is 5.06. The second-order valence-electron chi connectivity index (χ2n) is 4.76. The van der Waals surface area contributed by atoms with E-state index in [1.54, 1.807) is 0 Å². The zero-order valence-electron chi connectivity index (χ0n) is 11.2. The number of hydrogen-bond acceptors (Lipinski definition) is 3. The van der Waals surface area contributed by atoms with Gasteiger partial charge in [-0.15, -0.1) is 0 Å². The molecule has 0 aliphatic carbocycles. The number of nitrogens with one attached hydrogen (secondary N) is 1. The van der Waals surface area contributed by atoms with E-state index < -0.39 is 0 Å². The van der Waals surface area contributed by atoms with Gasteiger partial charge in [-0.2, -0.15) is 0 Å². The fourth-order valence-corrected chi connectivity index (χ4v) is 2.02. The van der Waals surface area contributed by atoms with Gasteiger partial charge in [0.25, 0.3) is 0 Å². The van der Waals surface area contributed by atoms with E-state index in [2.05, 4.69) is 47.3 Å². The molecule has 2 rings (SSSR count). The van der Waals surface area contributed by atoms with Gasteiger partial charge in [0.05, 0.1) is 0 Å². The summed E-state index contributed by atoms with van der Waals surface area (Å²) in [6.45, 7) is 7.10. The lowest BCUT2D eigenvalue weighted by Crippen LogP contribution is -2.08. The number of aromatic nitrogens is 2. The highest BCUT2D eigenvalue weighted by Gasteiger charge is 1.98. The van der Waals surface area contributed by atoms with Gasteiger partial charge in [-0.05, 0) is 38.3 Å². The summed E-state index contributed by atoms with van der Waals surface area (Å²) in [4.78, 5) is 8.44. The van der Waals surface area contributed by atoms with Crippen LogP contribution in [-0.2, 0) is 6.42 Å². The topological polar surface area (TPSA) is 37.8 Å². The summed E-state index contributed by atoms with van der Waals surface area (Å²) >= 11 is 0. The van der Waals surface area contributed by atoms with E-state index in [1.807, 2.05) is 19.3 Å². The number of aryl methyl sites for hydroxylation is 3. The quantitative estimate of drug-likeness (QED) is 0.894. The first-order chi connectivity index (χ1) is 8.63. The van der Waals surface area contributed by atoms with E-state index in [0.717, 1.165) is 18.5 Å². The van der Waals surface area contributed by atoms with Crippen LogP contribution in [0.3, 0.4) is 0 Å². The summed E-state index contributed by atoms with van der Waals surface area (Å²) in [5.74, 6) is 0.699. The first-order valence-electron chi connectivity index (χ1n) is 6.23. The molecule has 0 atom stereocenters. The van der Waals surface area contributed by atoms with E-state index in [1.165, 1.54) is 16.7 Å². The number of rotatable bonds is 4. The second-order valence-corrected chi connectivity index (χ2v) is 4.76. The minimum atomic E-state index is 0.699. The van der Waals surface area contributed by atoms with E-state index >= 15 is 0 Å². The molecule has 3 nitrogen and oxygen atoms in total. The third-order valence-electron chi connectivity index (χ3n) is 2.76. The van der Waals surface area contributed by atoms with Crippen LogP contribution >= 0.6 is 0 Å². The van der Waals surface area contributed by atoms with Crippen molar-refractivity contribution in [2.75, 3.05) is 11.9 Å². The Bertz CT molecular complexity index is 498. The second kappa shape index (κ2) is 5.63. The van der Waals surface area contributed by atoms with Gasteiger partial charge >= 0.3 is 0 Å². The third-order valence-corrected chi connectivity index (χ3v) is 2.76. The van der Waals surface area contributed by atoms with Crippen LogP contribution in [0.4, 0.5) is 5.95 Å². The molecule has 0 bridgehead atoms. The zero-order chi connectivity index (χ0) is 13.0. The average Bonchev–Trinajstić information content (AvgIpc) is 2.30. The highest BCUT2D eigenvalue weighted by molar-refractivity contribution is 5.30. The Morgan fingerprint density at radius 3 is 2.11 bits per heavy atom. The Balaban J connectivity index is 1.90. The molecular weight excluding hydrogens is 222 g/mol. The lowest BCUT2D eigenvalue weighted by atomic mass is 10.1. The molecule has 0 aliphatic heterocycles. The van der Waals surface area contributed by atoms with E-state index in [0.29, 0.717) is 5.95 Å². The van der Waals surface area contributed by atoms with Crippen molar-refractivity contribution in [1.29, 1.82) is 0 Å². The normalized spacial score (nSPS) is 10.4. The van der Waals surface area contributed by atoms with Crippen LogP contribution in [0.1, 0.15) is 22.3 Å². The summed E-state index contributed by atoms with van der Waals surface area (Å²) < 4.78 is 0. The molecule has 18 heavy (non-hydrogen) atoms. The van der Waals surface area contributed by atoms with Crippen LogP contribution in [0.5, 0.6) is 0 Å². The van der Waals surface area contributed by atoms with Gasteiger partial charge in [0.1, 0.15) is 0 Å². The molecule has 3 heteroatoms. The molecule has 0 amide bonds. The lowest BCUT2D eigenvalue weighted by Gasteiger charge is -2.07. The summed E-state index contributed by atoms with van der Waals surface area (Å²) in [6, 6.07) is 6.65. The molecule has 94 valence electrons. The maximum absolute atomic E-state index is 4.22. The van der Waals surface area contributed by atoms with E-state index in [-0.39, 0.29) is 0 Å². The largest absolute Gasteiger partial charge is 0.354 e. The van der Waals surface area contributed by atoms with Crippen LogP contribution in [0, 0.1) is 20.8 Å². The fourth-order valence-electron chi connectivity index (χ4n) is 2.02. The van der Waals surface area contributed by atoms with Gasteiger partial charge < -0.3 is 5.32 Å². The Morgan fingerprint density at radius 2 is 1.50 bits per heavy atom. The Hall–Kier alpha value is -1.90. The van der Waals surface area contributed by atoms with Gasteiger partial charge in [0.2, 0.25) is 5.95 Å². The highest BCUT2D eigenvalue weighted by atomic mass is 15.1. The number of benzene rings is 1. The standard InChI is InChI=1S/C15H19N3/c1-11-6-12(2)8-14(7-11)4-5-16-15-17-9-13(3)10-18-15/h6-10H,4-5H2,1-3H3,(H,16,17,18). The van der Waals surface area contributed by atoms with E-state index in [9.17, 15) is 0 Å². The van der Waals surface area contributed by atoms with Crippen LogP contribution in [0.2, 0.25) is 0 Å². The molecule has 1 aromatic carbocycles. The highest BCUT2D eigenvalue weighted by Crippen LogP contribution is 2.09. The Labute approximate surface area is 108 Å². The summed E-state index contributed by atoms with van der Waals surface area (Å²) in [5, 5.41) is 3.24. The molecule has 1 N–H and O–H groups in total. The van der Waals surface area contributed by atoms with Gasteiger partial charge in [-0.3, -0.25) is 0 Å². The molecule has 0 spiro atoms. The summed E-state index contributed by atoms with van der Waals surface area (Å²) in [6.07, 6.45) is 4.64. The maximum Gasteiger partial charge on any atom is 0.222 e. The van der Waals surface area contributed by atoms with Crippen molar-refractivity contribution in [2.24, 2.45) is 0 Å². The first kappa shape index (κ1) is 12.6. The number of hydrogen-bond donors (Lipinski definition) is 1. The average molecular weight is 241 g/mol. The monoisotopic (exact) mass is 241 g/mol.